The molecule has 0 aliphatic heterocycles. The minimum atomic E-state index is 0.0111. The number of oxazole rings is 1. The fraction of sp³-hybridized carbons (Fsp3) is 0.263. The number of fused-ring (bicyclic) bond motifs is 1. The van der Waals surface area contributed by atoms with Crippen molar-refractivity contribution >= 4 is 17.0 Å². The Morgan fingerprint density at radius 2 is 1.92 bits per heavy atom. The molecule has 3 aromatic rings. The van der Waals surface area contributed by atoms with Crippen LogP contribution in [0, 0.1) is 0 Å². The first-order valence-corrected chi connectivity index (χ1v) is 8.11. The summed E-state index contributed by atoms with van der Waals surface area (Å²) in [7, 11) is 1.81. The van der Waals surface area contributed by atoms with Crippen molar-refractivity contribution in [2.24, 2.45) is 0 Å². The summed E-state index contributed by atoms with van der Waals surface area (Å²) in [4.78, 5) is 18.6. The van der Waals surface area contributed by atoms with Crippen LogP contribution in [0.2, 0.25) is 0 Å². The Labute approximate surface area is 141 Å². The number of para-hydroxylation sites is 2. The van der Waals surface area contributed by atoms with E-state index in [9.17, 15) is 4.79 Å². The van der Waals surface area contributed by atoms with Crippen LogP contribution in [0.5, 0.6) is 0 Å². The lowest BCUT2D eigenvalue weighted by Crippen LogP contribution is -2.33. The third-order valence-corrected chi connectivity index (χ3v) is 3.89. The molecule has 0 unspecified atom stereocenters. The van der Waals surface area contributed by atoms with Crippen molar-refractivity contribution in [2.45, 2.75) is 6.92 Å². The van der Waals surface area contributed by atoms with Crippen molar-refractivity contribution in [1.82, 2.24) is 15.2 Å². The minimum Gasteiger partial charge on any atom is -0.436 e. The Morgan fingerprint density at radius 1 is 1.17 bits per heavy atom. The van der Waals surface area contributed by atoms with Crippen LogP contribution < -0.4 is 5.32 Å². The normalized spacial score (nSPS) is 10.9. The lowest BCUT2D eigenvalue weighted by Gasteiger charge is -2.17. The number of aromatic nitrogens is 1. The molecule has 0 radical (unpaired) electrons. The Balaban J connectivity index is 1.74. The van der Waals surface area contributed by atoms with Gasteiger partial charge in [-0.25, -0.2) is 4.98 Å². The molecule has 0 fully saturated rings. The molecule has 1 amide bonds. The Bertz CT molecular complexity index is 791. The molecular weight excluding hydrogens is 302 g/mol. The summed E-state index contributed by atoms with van der Waals surface area (Å²) in [6.45, 7) is 4.42. The molecule has 3 rings (SSSR count). The molecule has 0 spiro atoms. The highest BCUT2D eigenvalue weighted by atomic mass is 16.3. The highest BCUT2D eigenvalue weighted by Crippen LogP contribution is 2.24. The molecule has 0 bridgehead atoms. The fourth-order valence-corrected chi connectivity index (χ4v) is 2.50. The van der Waals surface area contributed by atoms with Crippen molar-refractivity contribution in [2.75, 3.05) is 26.7 Å². The molecule has 0 aliphatic rings. The van der Waals surface area contributed by atoms with Gasteiger partial charge >= 0.3 is 0 Å². The molecule has 0 aliphatic carbocycles. The van der Waals surface area contributed by atoms with E-state index in [2.05, 4.69) is 10.3 Å². The molecule has 0 saturated heterocycles. The summed E-state index contributed by atoms with van der Waals surface area (Å²) in [5, 5.41) is 3.21. The number of rotatable bonds is 6. The number of hydrogen-bond donors (Lipinski definition) is 1. The zero-order valence-corrected chi connectivity index (χ0v) is 14.0. The number of amides is 1. The van der Waals surface area contributed by atoms with E-state index >= 15 is 0 Å². The highest BCUT2D eigenvalue weighted by molar-refractivity contribution is 5.94. The van der Waals surface area contributed by atoms with Crippen molar-refractivity contribution in [3.05, 3.63) is 54.1 Å². The number of benzene rings is 2. The molecule has 2 aromatic carbocycles. The van der Waals surface area contributed by atoms with Crippen LogP contribution in [0.15, 0.2) is 52.9 Å². The molecule has 24 heavy (non-hydrogen) atoms. The predicted molar refractivity (Wildman–Crippen MR) is 94.9 cm³/mol. The summed E-state index contributed by atoms with van der Waals surface area (Å²) in [5.41, 5.74) is 3.11. The second kappa shape index (κ2) is 7.27. The molecule has 0 saturated carbocycles. The van der Waals surface area contributed by atoms with E-state index in [4.69, 9.17) is 4.42 Å². The summed E-state index contributed by atoms with van der Waals surface area (Å²) in [6.07, 6.45) is 0. The Hall–Kier alpha value is -2.66. The van der Waals surface area contributed by atoms with Crippen LogP contribution in [-0.4, -0.2) is 42.5 Å². The van der Waals surface area contributed by atoms with Crippen molar-refractivity contribution in [1.29, 1.82) is 0 Å². The maximum atomic E-state index is 12.4. The summed E-state index contributed by atoms with van der Waals surface area (Å²) in [5.74, 6) is 0.577. The number of hydrogen-bond acceptors (Lipinski definition) is 4. The second-order valence-corrected chi connectivity index (χ2v) is 5.64. The second-order valence-electron chi connectivity index (χ2n) is 5.64. The van der Waals surface area contributed by atoms with Gasteiger partial charge in [-0.15, -0.1) is 0 Å². The third kappa shape index (κ3) is 3.46. The molecule has 5 nitrogen and oxygen atoms in total. The topological polar surface area (TPSA) is 58.4 Å². The average Bonchev–Trinajstić information content (AvgIpc) is 3.05. The minimum absolute atomic E-state index is 0.0111. The molecule has 1 heterocycles. The Kier molecular flexibility index (Phi) is 4.91. The Morgan fingerprint density at radius 3 is 2.62 bits per heavy atom. The average molecular weight is 323 g/mol. The van der Waals surface area contributed by atoms with Gasteiger partial charge in [-0.05, 0) is 42.9 Å². The zero-order chi connectivity index (χ0) is 16.9. The molecule has 0 atom stereocenters. The van der Waals surface area contributed by atoms with Gasteiger partial charge in [-0.2, -0.15) is 0 Å². The molecule has 5 heteroatoms. The van der Waals surface area contributed by atoms with Gasteiger partial charge in [0.05, 0.1) is 0 Å². The van der Waals surface area contributed by atoms with Crippen molar-refractivity contribution in [3.63, 3.8) is 0 Å². The van der Waals surface area contributed by atoms with Gasteiger partial charge in [0.25, 0.3) is 5.91 Å². The SMILES string of the molecule is CCNCCN(C)C(=O)c1ccc(-c2nc3ccccc3o2)cc1. The van der Waals surface area contributed by atoms with Crippen LogP contribution in [0.4, 0.5) is 0 Å². The van der Waals surface area contributed by atoms with Crippen LogP contribution in [0.1, 0.15) is 17.3 Å². The van der Waals surface area contributed by atoms with E-state index < -0.39 is 0 Å². The first-order valence-electron chi connectivity index (χ1n) is 8.11. The van der Waals surface area contributed by atoms with Gasteiger partial charge in [0.2, 0.25) is 5.89 Å². The quantitative estimate of drug-likeness (QED) is 0.708. The van der Waals surface area contributed by atoms with E-state index in [1.54, 1.807) is 4.90 Å². The predicted octanol–water partition coefficient (Wildman–Crippen LogP) is 3.18. The van der Waals surface area contributed by atoms with Crippen LogP contribution in [-0.2, 0) is 0 Å². The fourth-order valence-electron chi connectivity index (χ4n) is 2.50. The number of carbonyl (C=O) groups is 1. The van der Waals surface area contributed by atoms with Crippen LogP contribution >= 0.6 is 0 Å². The summed E-state index contributed by atoms with van der Waals surface area (Å²) >= 11 is 0. The molecule has 124 valence electrons. The van der Waals surface area contributed by atoms with E-state index in [-0.39, 0.29) is 5.91 Å². The molecular formula is C19H21N3O2. The van der Waals surface area contributed by atoms with E-state index in [0.29, 0.717) is 18.0 Å². The van der Waals surface area contributed by atoms with Crippen LogP contribution in [0.3, 0.4) is 0 Å². The number of carbonyl (C=O) groups excluding carboxylic acids is 1. The van der Waals surface area contributed by atoms with Gasteiger partial charge in [-0.1, -0.05) is 19.1 Å². The van der Waals surface area contributed by atoms with E-state index in [1.165, 1.54) is 0 Å². The standard InChI is InChI=1S/C19H21N3O2/c1-3-20-12-13-22(2)19(23)15-10-8-14(9-11-15)18-21-16-6-4-5-7-17(16)24-18/h4-11,20H,3,12-13H2,1-2H3. The van der Waals surface area contributed by atoms with Gasteiger partial charge in [0, 0.05) is 31.3 Å². The molecule has 1 N–H and O–H groups in total. The van der Waals surface area contributed by atoms with Crippen molar-refractivity contribution < 1.29 is 9.21 Å². The van der Waals surface area contributed by atoms with E-state index in [0.717, 1.165) is 29.8 Å². The molecule has 1 aromatic heterocycles. The van der Waals surface area contributed by atoms with Gasteiger partial charge < -0.3 is 14.6 Å². The number of nitrogens with one attached hydrogen (secondary N) is 1. The van der Waals surface area contributed by atoms with Crippen molar-refractivity contribution in [3.8, 4) is 11.5 Å². The first-order chi connectivity index (χ1) is 11.7. The summed E-state index contributed by atoms with van der Waals surface area (Å²) < 4.78 is 5.75. The highest BCUT2D eigenvalue weighted by Gasteiger charge is 2.13. The lowest BCUT2D eigenvalue weighted by molar-refractivity contribution is 0.0796. The number of likely N-dealkylation sites (N-methyl/N-ethyl adjacent to an activating group) is 2. The maximum absolute atomic E-state index is 12.4. The zero-order valence-electron chi connectivity index (χ0n) is 14.0. The number of nitrogens with zero attached hydrogens (tertiary/aromatic N) is 2. The van der Waals surface area contributed by atoms with Gasteiger partial charge in [0.1, 0.15) is 5.52 Å². The van der Waals surface area contributed by atoms with Gasteiger partial charge in [-0.3, -0.25) is 4.79 Å². The monoisotopic (exact) mass is 323 g/mol. The largest absolute Gasteiger partial charge is 0.436 e. The third-order valence-electron chi connectivity index (χ3n) is 3.89. The smallest absolute Gasteiger partial charge is 0.253 e. The van der Waals surface area contributed by atoms with Crippen LogP contribution in [0.25, 0.3) is 22.6 Å². The lowest BCUT2D eigenvalue weighted by atomic mass is 10.1. The van der Waals surface area contributed by atoms with E-state index in [1.807, 2.05) is 62.5 Å². The van der Waals surface area contributed by atoms with Gasteiger partial charge in [0.15, 0.2) is 5.58 Å². The first kappa shape index (κ1) is 16.2. The maximum Gasteiger partial charge on any atom is 0.253 e. The summed E-state index contributed by atoms with van der Waals surface area (Å²) in [6, 6.07) is 15.0.